The van der Waals surface area contributed by atoms with Crippen molar-refractivity contribution in [1.29, 1.82) is 0 Å². The van der Waals surface area contributed by atoms with Crippen LogP contribution >= 0.6 is 10.3 Å². The Bertz CT molecular complexity index is 328. The first-order valence-electron chi connectivity index (χ1n) is 7.21. The first kappa shape index (κ1) is 16.5. The lowest BCUT2D eigenvalue weighted by atomic mass is 10.1. The Morgan fingerprint density at radius 1 is 1.00 bits per heavy atom. The number of benzene rings is 1. The molecule has 3 heteroatoms. The molecule has 19 heavy (non-hydrogen) atoms. The largest absolute Gasteiger partial charge is 0.355 e. The van der Waals surface area contributed by atoms with Crippen LogP contribution < -0.4 is 0 Å². The Hall–Kier alpha value is -0.510. The molecule has 0 N–H and O–H groups in total. The van der Waals surface area contributed by atoms with Crippen LogP contribution in [0.25, 0.3) is 0 Å². The van der Waals surface area contributed by atoms with E-state index in [9.17, 15) is 0 Å². The van der Waals surface area contributed by atoms with Crippen LogP contribution in [-0.4, -0.2) is 30.7 Å². The second-order valence-corrected chi connectivity index (χ2v) is 8.47. The quantitative estimate of drug-likeness (QED) is 0.626. The van der Waals surface area contributed by atoms with Gasteiger partial charge in [0.1, 0.15) is 0 Å². The topological polar surface area (TPSA) is 18.5 Å². The van der Waals surface area contributed by atoms with Crippen molar-refractivity contribution in [2.24, 2.45) is 0 Å². The molecule has 0 saturated carbocycles. The van der Waals surface area contributed by atoms with E-state index in [1.54, 1.807) is 7.11 Å². The minimum absolute atomic E-state index is 0.0740. The summed E-state index contributed by atoms with van der Waals surface area (Å²) < 4.78 is 11.8. The molecule has 2 nitrogen and oxygen atoms in total. The minimum atomic E-state index is -0.951. The van der Waals surface area contributed by atoms with Crippen molar-refractivity contribution in [1.82, 2.24) is 0 Å². The number of hydrogen-bond acceptors (Lipinski definition) is 2. The summed E-state index contributed by atoms with van der Waals surface area (Å²) >= 11 is 0. The number of aryl methyl sites for hydroxylation is 1. The predicted molar refractivity (Wildman–Crippen MR) is 85.9 cm³/mol. The van der Waals surface area contributed by atoms with E-state index in [2.05, 4.69) is 45.0 Å². The lowest BCUT2D eigenvalue weighted by Gasteiger charge is -2.39. The summed E-state index contributed by atoms with van der Waals surface area (Å²) in [5.41, 5.74) is 1.35. The van der Waals surface area contributed by atoms with Crippen molar-refractivity contribution in [2.45, 2.75) is 39.9 Å². The van der Waals surface area contributed by atoms with Crippen molar-refractivity contribution in [2.75, 3.05) is 24.4 Å². The van der Waals surface area contributed by atoms with Crippen molar-refractivity contribution in [3.63, 3.8) is 0 Å². The van der Waals surface area contributed by atoms with Crippen LogP contribution in [0.1, 0.15) is 32.8 Å². The highest BCUT2D eigenvalue weighted by Crippen LogP contribution is 2.49. The zero-order valence-electron chi connectivity index (χ0n) is 12.7. The predicted octanol–water partition coefficient (Wildman–Crippen LogP) is 4.39. The molecular weight excluding hydrogens is 256 g/mol. The Balaban J connectivity index is 2.54. The van der Waals surface area contributed by atoms with Crippen LogP contribution in [0.2, 0.25) is 0 Å². The molecule has 1 unspecified atom stereocenters. The first-order chi connectivity index (χ1) is 9.19. The molecule has 0 heterocycles. The highest BCUT2D eigenvalue weighted by Gasteiger charge is 2.23. The van der Waals surface area contributed by atoms with E-state index < -0.39 is 10.3 Å². The first-order valence-corrected chi connectivity index (χ1v) is 9.27. The molecule has 1 rings (SSSR count). The van der Waals surface area contributed by atoms with Gasteiger partial charge in [0, 0.05) is 13.5 Å². The minimum Gasteiger partial charge on any atom is -0.355 e. The molecular formula is C16H28O2S. The van der Waals surface area contributed by atoms with Gasteiger partial charge in [-0.25, -0.2) is 0 Å². The average Bonchev–Trinajstić information content (AvgIpc) is 2.49. The second kappa shape index (κ2) is 8.62. The molecule has 0 spiro atoms. The molecule has 1 aromatic rings. The van der Waals surface area contributed by atoms with E-state index in [0.717, 1.165) is 30.1 Å². The van der Waals surface area contributed by atoms with Crippen molar-refractivity contribution >= 4 is 10.3 Å². The van der Waals surface area contributed by atoms with E-state index in [-0.39, 0.29) is 6.29 Å². The molecule has 0 bridgehead atoms. The Morgan fingerprint density at radius 3 is 2.05 bits per heavy atom. The Kier molecular flexibility index (Phi) is 7.51. The van der Waals surface area contributed by atoms with Crippen LogP contribution in [0, 0.1) is 0 Å². The van der Waals surface area contributed by atoms with Crippen LogP contribution in [0.3, 0.4) is 0 Å². The molecule has 110 valence electrons. The fourth-order valence-corrected chi connectivity index (χ4v) is 4.44. The lowest BCUT2D eigenvalue weighted by molar-refractivity contribution is -0.0493. The summed E-state index contributed by atoms with van der Waals surface area (Å²) in [6.45, 7) is 6.69. The monoisotopic (exact) mass is 284 g/mol. The Labute approximate surface area is 120 Å². The molecule has 0 amide bonds. The van der Waals surface area contributed by atoms with Gasteiger partial charge in [-0.3, -0.25) is 0 Å². The van der Waals surface area contributed by atoms with Gasteiger partial charge in [0.05, 0.1) is 0 Å². The molecule has 0 radical (unpaired) electrons. The van der Waals surface area contributed by atoms with Gasteiger partial charge in [0.15, 0.2) is 6.29 Å². The van der Waals surface area contributed by atoms with Gasteiger partial charge in [0.25, 0.3) is 0 Å². The third-order valence-electron chi connectivity index (χ3n) is 3.66. The fourth-order valence-electron chi connectivity index (χ4n) is 2.18. The molecule has 0 fully saturated rings. The van der Waals surface area contributed by atoms with Gasteiger partial charge in [-0.05, 0) is 29.2 Å². The molecule has 1 atom stereocenters. The highest BCUT2D eigenvalue weighted by molar-refractivity contribution is 8.29. The number of ether oxygens (including phenoxy) is 1. The summed E-state index contributed by atoms with van der Waals surface area (Å²) in [4.78, 5) is 0. The van der Waals surface area contributed by atoms with E-state index in [1.807, 2.05) is 6.07 Å². The van der Waals surface area contributed by atoms with Crippen LogP contribution in [0.5, 0.6) is 0 Å². The maximum Gasteiger partial charge on any atom is 0.168 e. The van der Waals surface area contributed by atoms with Gasteiger partial charge in [0.2, 0.25) is 0 Å². The molecule has 0 saturated heterocycles. The molecule has 0 aromatic heterocycles. The second-order valence-electron chi connectivity index (χ2n) is 4.62. The van der Waals surface area contributed by atoms with Gasteiger partial charge < -0.3 is 8.92 Å². The molecule has 0 aliphatic rings. The fraction of sp³-hybridized carbons (Fsp3) is 0.625. The van der Waals surface area contributed by atoms with Crippen molar-refractivity contribution in [3.8, 4) is 0 Å². The zero-order chi connectivity index (χ0) is 14.1. The van der Waals surface area contributed by atoms with E-state index in [1.165, 1.54) is 5.56 Å². The Morgan fingerprint density at radius 2 is 1.58 bits per heavy atom. The van der Waals surface area contributed by atoms with Crippen LogP contribution in [0.4, 0.5) is 0 Å². The normalized spacial score (nSPS) is 14.3. The summed E-state index contributed by atoms with van der Waals surface area (Å²) in [7, 11) is 0.800. The number of hydrogen-bond donors (Lipinski definition) is 0. The zero-order valence-corrected chi connectivity index (χ0v) is 13.5. The van der Waals surface area contributed by atoms with E-state index >= 15 is 0 Å². The van der Waals surface area contributed by atoms with E-state index in [0.29, 0.717) is 0 Å². The van der Waals surface area contributed by atoms with Crippen LogP contribution in [-0.2, 0) is 15.3 Å². The number of rotatable bonds is 9. The summed E-state index contributed by atoms with van der Waals surface area (Å²) in [5.74, 6) is 3.35. The molecule has 0 aliphatic heterocycles. The standard InChI is InChI=1S/C16H28O2S/c1-5-19(6-2,7-3)18-16(17-4)14-13-15-11-9-8-10-12-15/h8-12,16H,5-7,13-14H2,1-4H3. The summed E-state index contributed by atoms with van der Waals surface area (Å²) in [6.07, 6.45) is 1.86. The summed E-state index contributed by atoms with van der Waals surface area (Å²) in [6, 6.07) is 10.5. The van der Waals surface area contributed by atoms with Crippen LogP contribution in [0.15, 0.2) is 30.3 Å². The van der Waals surface area contributed by atoms with E-state index in [4.69, 9.17) is 8.92 Å². The maximum absolute atomic E-state index is 6.32. The van der Waals surface area contributed by atoms with Gasteiger partial charge >= 0.3 is 0 Å². The number of methoxy groups -OCH3 is 1. The van der Waals surface area contributed by atoms with Crippen molar-refractivity contribution in [3.05, 3.63) is 35.9 Å². The highest BCUT2D eigenvalue weighted by atomic mass is 32.3. The van der Waals surface area contributed by atoms with Gasteiger partial charge in [-0.1, -0.05) is 51.1 Å². The average molecular weight is 284 g/mol. The summed E-state index contributed by atoms with van der Waals surface area (Å²) in [5, 5.41) is 0. The smallest absolute Gasteiger partial charge is 0.168 e. The van der Waals surface area contributed by atoms with Gasteiger partial charge in [-0.2, -0.15) is 0 Å². The van der Waals surface area contributed by atoms with Crippen molar-refractivity contribution < 1.29 is 8.92 Å². The molecule has 0 aliphatic carbocycles. The third kappa shape index (κ3) is 5.17. The molecule has 1 aromatic carbocycles. The maximum atomic E-state index is 6.32. The van der Waals surface area contributed by atoms with Gasteiger partial charge in [-0.15, -0.1) is 10.3 Å². The SMILES string of the molecule is CCS(CC)(CC)OC(CCc1ccccc1)OC. The lowest BCUT2D eigenvalue weighted by Crippen LogP contribution is -2.23. The third-order valence-corrected chi connectivity index (χ3v) is 7.44.